The Balaban J connectivity index is 1.79. The Kier molecular flexibility index (Phi) is 6.07. The number of likely N-dealkylation sites (N-methyl/N-ethyl adjacent to an activating group) is 1. The number of piperidine rings is 1. The van der Waals surface area contributed by atoms with E-state index in [2.05, 4.69) is 56.2 Å². The van der Waals surface area contributed by atoms with Crippen LogP contribution in [-0.4, -0.2) is 44.2 Å². The number of hydrogen-bond donors (Lipinski definition) is 1. The summed E-state index contributed by atoms with van der Waals surface area (Å²) in [5, 5.41) is 3.38. The van der Waals surface area contributed by atoms with Gasteiger partial charge in [0.25, 0.3) is 0 Å². The lowest BCUT2D eigenvalue weighted by Gasteiger charge is -2.32. The second-order valence-electron chi connectivity index (χ2n) is 6.45. The summed E-state index contributed by atoms with van der Waals surface area (Å²) in [4.78, 5) is 2.50. The van der Waals surface area contributed by atoms with Crippen molar-refractivity contribution < 1.29 is 4.74 Å². The zero-order valence-corrected chi connectivity index (χ0v) is 14.0. The van der Waals surface area contributed by atoms with Crippen molar-refractivity contribution in [2.45, 2.75) is 45.6 Å². The molecule has 0 saturated carbocycles. The molecule has 0 aliphatic carbocycles. The molecule has 3 nitrogen and oxygen atoms in total. The molecule has 1 atom stereocenters. The fourth-order valence-corrected chi connectivity index (χ4v) is 3.17. The normalized spacial score (nSPS) is 20.0. The summed E-state index contributed by atoms with van der Waals surface area (Å²) >= 11 is 0. The molecule has 1 heterocycles. The Morgan fingerprint density at radius 2 is 2.19 bits per heavy atom. The minimum atomic E-state index is 0.575. The van der Waals surface area contributed by atoms with E-state index in [0.717, 1.165) is 25.4 Å². The van der Waals surface area contributed by atoms with E-state index < -0.39 is 0 Å². The fraction of sp³-hybridized carbons (Fsp3) is 0.667. The lowest BCUT2D eigenvalue weighted by Crippen LogP contribution is -2.45. The minimum Gasteiger partial charge on any atom is -0.492 e. The Labute approximate surface area is 129 Å². The summed E-state index contributed by atoms with van der Waals surface area (Å²) in [6.07, 6.45) is 2.58. The first-order chi connectivity index (χ1) is 10.1. The van der Waals surface area contributed by atoms with E-state index in [9.17, 15) is 0 Å². The molecule has 1 saturated heterocycles. The van der Waals surface area contributed by atoms with Crippen LogP contribution in [0.25, 0.3) is 0 Å². The average Bonchev–Trinajstić information content (AvgIpc) is 2.47. The molecular weight excluding hydrogens is 260 g/mol. The highest BCUT2D eigenvalue weighted by molar-refractivity contribution is 5.36. The second-order valence-corrected chi connectivity index (χ2v) is 6.45. The van der Waals surface area contributed by atoms with Crippen molar-refractivity contribution in [3.63, 3.8) is 0 Å². The van der Waals surface area contributed by atoms with Gasteiger partial charge >= 0.3 is 0 Å². The Morgan fingerprint density at radius 1 is 1.38 bits per heavy atom. The highest BCUT2D eigenvalue weighted by Gasteiger charge is 2.17. The third-order valence-electron chi connectivity index (χ3n) is 4.45. The van der Waals surface area contributed by atoms with Crippen molar-refractivity contribution in [3.8, 4) is 5.75 Å². The van der Waals surface area contributed by atoms with E-state index in [4.69, 9.17) is 4.74 Å². The van der Waals surface area contributed by atoms with Crippen LogP contribution < -0.4 is 10.1 Å². The Morgan fingerprint density at radius 3 is 2.86 bits per heavy atom. The van der Waals surface area contributed by atoms with Gasteiger partial charge in [-0.1, -0.05) is 19.9 Å². The zero-order chi connectivity index (χ0) is 15.2. The van der Waals surface area contributed by atoms with Crippen LogP contribution in [0, 0.1) is 6.92 Å². The molecule has 0 bridgehead atoms. The minimum absolute atomic E-state index is 0.575. The molecular formula is C18H30N2O. The van der Waals surface area contributed by atoms with Crippen LogP contribution in [0.4, 0.5) is 0 Å². The molecule has 1 aromatic carbocycles. The summed E-state index contributed by atoms with van der Waals surface area (Å²) in [6, 6.07) is 7.12. The standard InChI is InChI=1S/C18H30N2O/c1-14(2)18-8-7-17(12-15(18)3)21-11-10-20-9-5-6-16(13-20)19-4/h7-8,12,14,16,19H,5-6,9-11,13H2,1-4H3. The molecule has 1 aliphatic rings. The summed E-state index contributed by atoms with van der Waals surface area (Å²) in [5.74, 6) is 1.57. The van der Waals surface area contributed by atoms with Crippen molar-refractivity contribution in [2.75, 3.05) is 33.3 Å². The van der Waals surface area contributed by atoms with Gasteiger partial charge < -0.3 is 10.1 Å². The van der Waals surface area contributed by atoms with Crippen LogP contribution in [0.1, 0.15) is 43.7 Å². The number of likely N-dealkylation sites (tertiary alicyclic amines) is 1. The molecule has 3 heteroatoms. The van der Waals surface area contributed by atoms with Gasteiger partial charge in [0.05, 0.1) is 0 Å². The molecule has 0 amide bonds. The van der Waals surface area contributed by atoms with Crippen LogP contribution in [0.5, 0.6) is 5.75 Å². The van der Waals surface area contributed by atoms with Crippen LogP contribution in [0.15, 0.2) is 18.2 Å². The van der Waals surface area contributed by atoms with E-state index in [1.165, 1.54) is 30.5 Å². The van der Waals surface area contributed by atoms with Crippen LogP contribution in [0.2, 0.25) is 0 Å². The van der Waals surface area contributed by atoms with E-state index >= 15 is 0 Å². The maximum absolute atomic E-state index is 5.93. The van der Waals surface area contributed by atoms with Gasteiger partial charge in [0.15, 0.2) is 0 Å². The van der Waals surface area contributed by atoms with Gasteiger partial charge in [-0.3, -0.25) is 4.90 Å². The Bertz CT molecular complexity index is 445. The van der Waals surface area contributed by atoms with Gasteiger partial charge in [0.1, 0.15) is 12.4 Å². The third-order valence-corrected chi connectivity index (χ3v) is 4.45. The summed E-state index contributed by atoms with van der Waals surface area (Å²) in [5.41, 5.74) is 2.74. The summed E-state index contributed by atoms with van der Waals surface area (Å²) in [6.45, 7) is 10.8. The number of ether oxygens (including phenoxy) is 1. The van der Waals surface area contributed by atoms with Crippen LogP contribution in [0.3, 0.4) is 0 Å². The maximum atomic E-state index is 5.93. The van der Waals surface area contributed by atoms with Crippen LogP contribution >= 0.6 is 0 Å². The molecule has 1 aromatic rings. The monoisotopic (exact) mass is 290 g/mol. The topological polar surface area (TPSA) is 24.5 Å². The van der Waals surface area contributed by atoms with E-state index in [1.807, 2.05) is 0 Å². The number of benzene rings is 1. The average molecular weight is 290 g/mol. The quantitative estimate of drug-likeness (QED) is 0.871. The Hall–Kier alpha value is -1.06. The highest BCUT2D eigenvalue weighted by Crippen LogP contribution is 2.23. The first-order valence-electron chi connectivity index (χ1n) is 8.23. The first-order valence-corrected chi connectivity index (χ1v) is 8.23. The molecule has 1 fully saturated rings. The largest absolute Gasteiger partial charge is 0.492 e. The predicted octanol–water partition coefficient (Wildman–Crippen LogP) is 3.18. The smallest absolute Gasteiger partial charge is 0.119 e. The number of aryl methyl sites for hydroxylation is 1. The molecule has 1 N–H and O–H groups in total. The van der Waals surface area contributed by atoms with Gasteiger partial charge in [0.2, 0.25) is 0 Å². The van der Waals surface area contributed by atoms with E-state index in [-0.39, 0.29) is 0 Å². The van der Waals surface area contributed by atoms with Gasteiger partial charge in [-0.05, 0) is 62.5 Å². The summed E-state index contributed by atoms with van der Waals surface area (Å²) < 4.78 is 5.93. The van der Waals surface area contributed by atoms with Gasteiger partial charge in [-0.15, -0.1) is 0 Å². The molecule has 1 aliphatic heterocycles. The molecule has 1 unspecified atom stereocenters. The van der Waals surface area contributed by atoms with Crippen molar-refractivity contribution in [1.29, 1.82) is 0 Å². The van der Waals surface area contributed by atoms with Crippen LogP contribution in [-0.2, 0) is 0 Å². The third kappa shape index (κ3) is 4.72. The highest BCUT2D eigenvalue weighted by atomic mass is 16.5. The van der Waals surface area contributed by atoms with Crippen molar-refractivity contribution in [3.05, 3.63) is 29.3 Å². The number of hydrogen-bond acceptors (Lipinski definition) is 3. The molecule has 2 rings (SSSR count). The van der Waals surface area contributed by atoms with Crippen molar-refractivity contribution >= 4 is 0 Å². The molecule has 21 heavy (non-hydrogen) atoms. The van der Waals surface area contributed by atoms with E-state index in [1.54, 1.807) is 0 Å². The maximum Gasteiger partial charge on any atom is 0.119 e. The lowest BCUT2D eigenvalue weighted by molar-refractivity contribution is 0.162. The van der Waals surface area contributed by atoms with Crippen molar-refractivity contribution in [1.82, 2.24) is 10.2 Å². The van der Waals surface area contributed by atoms with Gasteiger partial charge in [0, 0.05) is 19.1 Å². The second kappa shape index (κ2) is 7.81. The molecule has 0 aromatic heterocycles. The number of nitrogens with zero attached hydrogens (tertiary/aromatic N) is 1. The van der Waals surface area contributed by atoms with Gasteiger partial charge in [-0.25, -0.2) is 0 Å². The molecule has 118 valence electrons. The number of rotatable bonds is 6. The summed E-state index contributed by atoms with van der Waals surface area (Å²) in [7, 11) is 2.06. The SMILES string of the molecule is CNC1CCCN(CCOc2ccc(C(C)C)c(C)c2)C1. The van der Waals surface area contributed by atoms with Gasteiger partial charge in [-0.2, -0.15) is 0 Å². The van der Waals surface area contributed by atoms with E-state index in [0.29, 0.717) is 12.0 Å². The lowest BCUT2D eigenvalue weighted by atomic mass is 9.98. The molecule has 0 radical (unpaired) electrons. The fourth-order valence-electron chi connectivity index (χ4n) is 3.17. The van der Waals surface area contributed by atoms with Crippen molar-refractivity contribution in [2.24, 2.45) is 0 Å². The predicted molar refractivity (Wildman–Crippen MR) is 89.3 cm³/mol. The zero-order valence-electron chi connectivity index (χ0n) is 14.0. The first kappa shape index (κ1) is 16.3. The number of nitrogens with one attached hydrogen (secondary N) is 1. The molecule has 0 spiro atoms.